The van der Waals surface area contributed by atoms with Crippen LogP contribution in [0.4, 0.5) is 0 Å². The third-order valence-corrected chi connectivity index (χ3v) is 11.5. The van der Waals surface area contributed by atoms with Crippen molar-refractivity contribution >= 4 is 16.4 Å². The number of aliphatic hydroxyl groups is 3. The van der Waals surface area contributed by atoms with E-state index in [2.05, 4.69) is 42.3 Å². The number of allylic oxidation sites excluding steroid dienone is 4. The Kier molecular flexibility index (Phi) is 37.0. The van der Waals surface area contributed by atoms with Gasteiger partial charge in [0.15, 0.2) is 6.29 Å². The first-order chi connectivity index (χ1) is 29.1. The molecule has 1 aliphatic rings. The number of aliphatic hydroxyl groups excluding tert-OH is 3. The Morgan fingerprint density at radius 1 is 0.617 bits per heavy atom. The molecule has 0 aromatic rings. The highest BCUT2D eigenvalue weighted by Gasteiger charge is 2.48. The quantitative estimate of drug-likeness (QED) is 0.0198. The van der Waals surface area contributed by atoms with Crippen LogP contribution in [0.1, 0.15) is 206 Å². The molecule has 0 radical (unpaired) electrons. The monoisotopic (exact) mass is 877 g/mol. The van der Waals surface area contributed by atoms with Crippen LogP contribution in [-0.2, 0) is 38.3 Å². The highest BCUT2D eigenvalue weighted by molar-refractivity contribution is 7.80. The van der Waals surface area contributed by atoms with Crippen LogP contribution in [0.2, 0.25) is 0 Å². The van der Waals surface area contributed by atoms with Crippen molar-refractivity contribution in [2.45, 2.75) is 243 Å². The molecule has 354 valence electrons. The Balaban J connectivity index is 2.41. The number of rotatable bonds is 42. The molecule has 0 bridgehead atoms. The summed E-state index contributed by atoms with van der Waals surface area (Å²) in [4.78, 5) is 12.9. The molecular formula is C47H88O12S. The Labute approximate surface area is 365 Å². The molecule has 0 saturated carbocycles. The first-order valence-corrected chi connectivity index (χ1v) is 25.5. The molecule has 0 aliphatic carbocycles. The van der Waals surface area contributed by atoms with Gasteiger partial charge in [-0.3, -0.25) is 9.35 Å². The van der Waals surface area contributed by atoms with E-state index < -0.39 is 59.8 Å². The normalized spacial score (nSPS) is 20.4. The van der Waals surface area contributed by atoms with E-state index in [0.717, 1.165) is 64.2 Å². The van der Waals surface area contributed by atoms with E-state index in [0.29, 0.717) is 13.0 Å². The van der Waals surface area contributed by atoms with Crippen LogP contribution in [0.5, 0.6) is 0 Å². The van der Waals surface area contributed by atoms with Crippen molar-refractivity contribution < 1.29 is 56.2 Å². The van der Waals surface area contributed by atoms with Gasteiger partial charge in [0.25, 0.3) is 0 Å². The van der Waals surface area contributed by atoms with Crippen molar-refractivity contribution in [3.05, 3.63) is 24.3 Å². The number of carbonyl (C=O) groups is 1. The van der Waals surface area contributed by atoms with Crippen molar-refractivity contribution in [2.75, 3.05) is 26.4 Å². The zero-order valence-electron chi connectivity index (χ0n) is 37.8. The lowest BCUT2D eigenvalue weighted by atomic mass is 9.99. The summed E-state index contributed by atoms with van der Waals surface area (Å²) in [6.07, 6.45) is 34.9. The molecule has 0 amide bonds. The molecule has 60 heavy (non-hydrogen) atoms. The van der Waals surface area contributed by atoms with Gasteiger partial charge in [-0.05, 0) is 64.2 Å². The summed E-state index contributed by atoms with van der Waals surface area (Å²) in [5.41, 5.74) is 0. The summed E-state index contributed by atoms with van der Waals surface area (Å²) in [5, 5.41) is 30.7. The van der Waals surface area contributed by atoms with Crippen LogP contribution < -0.4 is 0 Å². The van der Waals surface area contributed by atoms with E-state index in [9.17, 15) is 28.5 Å². The zero-order valence-corrected chi connectivity index (χ0v) is 38.6. The molecule has 4 N–H and O–H groups in total. The van der Waals surface area contributed by atoms with Gasteiger partial charge >= 0.3 is 16.4 Å². The molecule has 0 aromatic carbocycles. The third kappa shape index (κ3) is 32.3. The molecule has 1 heterocycles. The summed E-state index contributed by atoms with van der Waals surface area (Å²) < 4.78 is 59.1. The summed E-state index contributed by atoms with van der Waals surface area (Å²) in [7, 11) is -5.06. The zero-order chi connectivity index (χ0) is 43.9. The molecule has 12 nitrogen and oxygen atoms in total. The number of unbranched alkanes of at least 4 members (excludes halogenated alkanes) is 25. The summed E-state index contributed by atoms with van der Waals surface area (Å²) in [6.45, 7) is 3.98. The second-order valence-electron chi connectivity index (χ2n) is 16.7. The molecule has 1 fully saturated rings. The minimum atomic E-state index is -5.06. The Morgan fingerprint density at radius 3 is 1.50 bits per heavy atom. The largest absolute Gasteiger partial charge is 0.457 e. The third-order valence-electron chi connectivity index (χ3n) is 11.0. The first-order valence-electron chi connectivity index (χ1n) is 24.1. The predicted octanol–water partition coefficient (Wildman–Crippen LogP) is 10.4. The maximum atomic E-state index is 12.9. The predicted molar refractivity (Wildman–Crippen MR) is 239 cm³/mol. The van der Waals surface area contributed by atoms with Gasteiger partial charge in [-0.2, -0.15) is 8.42 Å². The Bertz CT molecular complexity index is 1150. The number of hydrogen-bond acceptors (Lipinski definition) is 11. The SMILES string of the molecule is CCCCCCCCC/C=C\CCCCCCCCOCC(COC1OC(CO)C(O)C(OS(=O)(=O)O)C1O)OC(=O)CCCCCCC/C=C\CCCCCCCCC. The van der Waals surface area contributed by atoms with Gasteiger partial charge in [0.05, 0.1) is 19.8 Å². The van der Waals surface area contributed by atoms with Crippen LogP contribution in [-0.4, -0.2) is 97.5 Å². The lowest BCUT2D eigenvalue weighted by Gasteiger charge is -2.41. The summed E-state index contributed by atoms with van der Waals surface area (Å²) in [6, 6.07) is 0. The highest BCUT2D eigenvalue weighted by Crippen LogP contribution is 2.26. The van der Waals surface area contributed by atoms with E-state index in [-0.39, 0.29) is 19.6 Å². The van der Waals surface area contributed by atoms with Crippen molar-refractivity contribution in [2.24, 2.45) is 0 Å². The molecule has 0 aromatic heterocycles. The number of esters is 1. The topological polar surface area (TPSA) is 178 Å². The molecular weight excluding hydrogens is 789 g/mol. The lowest BCUT2D eigenvalue weighted by molar-refractivity contribution is -0.301. The van der Waals surface area contributed by atoms with Gasteiger partial charge in [0.1, 0.15) is 30.5 Å². The van der Waals surface area contributed by atoms with Crippen molar-refractivity contribution in [1.82, 2.24) is 0 Å². The molecule has 6 atom stereocenters. The molecule has 0 spiro atoms. The van der Waals surface area contributed by atoms with Crippen LogP contribution >= 0.6 is 0 Å². The van der Waals surface area contributed by atoms with Gasteiger partial charge in [-0.15, -0.1) is 0 Å². The minimum absolute atomic E-state index is 0.0310. The molecule has 6 unspecified atom stereocenters. The maximum absolute atomic E-state index is 12.9. The van der Waals surface area contributed by atoms with Crippen LogP contribution in [0.3, 0.4) is 0 Å². The van der Waals surface area contributed by atoms with E-state index in [4.69, 9.17) is 23.5 Å². The Morgan fingerprint density at radius 2 is 1.05 bits per heavy atom. The highest BCUT2D eigenvalue weighted by atomic mass is 32.3. The number of hydrogen-bond donors (Lipinski definition) is 4. The van der Waals surface area contributed by atoms with Crippen molar-refractivity contribution in [1.29, 1.82) is 0 Å². The van der Waals surface area contributed by atoms with Crippen LogP contribution in [0.25, 0.3) is 0 Å². The van der Waals surface area contributed by atoms with Gasteiger partial charge in [-0.1, -0.05) is 160 Å². The van der Waals surface area contributed by atoms with E-state index in [1.807, 2.05) is 0 Å². The van der Waals surface area contributed by atoms with E-state index in [1.165, 1.54) is 116 Å². The molecule has 13 heteroatoms. The summed E-state index contributed by atoms with van der Waals surface area (Å²) >= 11 is 0. The van der Waals surface area contributed by atoms with Crippen LogP contribution in [0.15, 0.2) is 24.3 Å². The second kappa shape index (κ2) is 39.2. The number of ether oxygens (including phenoxy) is 4. The first kappa shape index (κ1) is 56.6. The second-order valence-corrected chi connectivity index (χ2v) is 17.7. The smallest absolute Gasteiger partial charge is 0.397 e. The fraction of sp³-hybridized carbons (Fsp3) is 0.894. The Hall–Kier alpha value is -1.42. The average molecular weight is 877 g/mol. The maximum Gasteiger partial charge on any atom is 0.397 e. The van der Waals surface area contributed by atoms with E-state index in [1.54, 1.807) is 0 Å². The summed E-state index contributed by atoms with van der Waals surface area (Å²) in [5.74, 6) is -0.408. The van der Waals surface area contributed by atoms with Gasteiger partial charge < -0.3 is 34.3 Å². The van der Waals surface area contributed by atoms with Gasteiger partial charge in [-0.25, -0.2) is 4.18 Å². The average Bonchev–Trinajstić information content (AvgIpc) is 3.22. The van der Waals surface area contributed by atoms with Crippen LogP contribution in [0, 0.1) is 0 Å². The lowest BCUT2D eigenvalue weighted by Crippen LogP contribution is -2.60. The molecule has 1 rings (SSSR count). The van der Waals surface area contributed by atoms with Gasteiger partial charge in [0.2, 0.25) is 0 Å². The number of carbonyl (C=O) groups excluding carboxylic acids is 1. The van der Waals surface area contributed by atoms with Crippen molar-refractivity contribution in [3.63, 3.8) is 0 Å². The standard InChI is InChI=1S/C47H88O12S/c1-3-5-7-9-11-13-15-17-19-21-23-25-27-29-31-33-35-37-55-39-41(40-56-47-45(51)46(59-60(52,53)54)44(50)42(38-48)58-47)57-43(49)36-34-32-30-28-26-24-22-20-18-16-14-12-10-8-6-4-2/h19-22,41-42,44-48,50-51H,3-18,23-40H2,1-2H3,(H,52,53,54)/b21-19-,22-20-. The molecule has 1 saturated heterocycles. The van der Waals surface area contributed by atoms with Gasteiger partial charge in [0, 0.05) is 13.0 Å². The molecule has 1 aliphatic heterocycles. The fourth-order valence-electron chi connectivity index (χ4n) is 7.37. The minimum Gasteiger partial charge on any atom is -0.457 e. The fourth-order valence-corrected chi connectivity index (χ4v) is 7.88. The van der Waals surface area contributed by atoms with Crippen molar-refractivity contribution in [3.8, 4) is 0 Å². The van der Waals surface area contributed by atoms with E-state index >= 15 is 0 Å².